The number of hydrogen-bond acceptors (Lipinski definition) is 4. The standard InChI is InChI=1S/C12H16O4/c1-2-7-3-4-9-10(11(7)14)12(15)8(5-13)6-16-9/h6-7,11,13-14H,2-5H2,1H3/t7?,11-/m0/s1. The van der Waals surface area contributed by atoms with E-state index < -0.39 is 6.10 Å². The third-order valence-corrected chi connectivity index (χ3v) is 3.36. The third-order valence-electron chi connectivity index (χ3n) is 3.36. The van der Waals surface area contributed by atoms with Crippen LogP contribution in [0.25, 0.3) is 0 Å². The zero-order valence-corrected chi connectivity index (χ0v) is 9.27. The Morgan fingerprint density at radius 2 is 2.31 bits per heavy atom. The topological polar surface area (TPSA) is 70.7 Å². The molecule has 1 aromatic heterocycles. The number of fused-ring (bicyclic) bond motifs is 1. The van der Waals surface area contributed by atoms with Crippen LogP contribution in [0.2, 0.25) is 0 Å². The summed E-state index contributed by atoms with van der Waals surface area (Å²) in [6.07, 6.45) is 2.90. The Labute approximate surface area is 93.5 Å². The molecule has 4 heteroatoms. The van der Waals surface area contributed by atoms with Gasteiger partial charge in [0, 0.05) is 6.42 Å². The van der Waals surface area contributed by atoms with Gasteiger partial charge in [-0.2, -0.15) is 0 Å². The van der Waals surface area contributed by atoms with Gasteiger partial charge in [-0.15, -0.1) is 0 Å². The molecule has 1 heterocycles. The molecule has 2 atom stereocenters. The lowest BCUT2D eigenvalue weighted by molar-refractivity contribution is 0.0833. The van der Waals surface area contributed by atoms with E-state index in [1.807, 2.05) is 6.92 Å². The van der Waals surface area contributed by atoms with E-state index in [4.69, 9.17) is 9.52 Å². The summed E-state index contributed by atoms with van der Waals surface area (Å²) in [6, 6.07) is 0. The zero-order valence-electron chi connectivity index (χ0n) is 9.27. The van der Waals surface area contributed by atoms with Crippen LogP contribution in [0, 0.1) is 5.92 Å². The molecule has 2 rings (SSSR count). The molecule has 1 aromatic rings. The SMILES string of the molecule is CCC1CCc2occ(CO)c(=O)c2[C@H]1O. The maximum Gasteiger partial charge on any atom is 0.196 e. The molecule has 16 heavy (non-hydrogen) atoms. The highest BCUT2D eigenvalue weighted by Gasteiger charge is 2.31. The molecule has 2 N–H and O–H groups in total. The van der Waals surface area contributed by atoms with Gasteiger partial charge in [-0.25, -0.2) is 0 Å². The lowest BCUT2D eigenvalue weighted by atomic mass is 9.82. The summed E-state index contributed by atoms with van der Waals surface area (Å²) in [7, 11) is 0. The van der Waals surface area contributed by atoms with E-state index in [0.29, 0.717) is 17.7 Å². The molecule has 0 spiro atoms. The molecule has 1 unspecified atom stereocenters. The molecule has 1 aliphatic rings. The van der Waals surface area contributed by atoms with Gasteiger partial charge in [-0.1, -0.05) is 13.3 Å². The lowest BCUT2D eigenvalue weighted by Crippen LogP contribution is -2.28. The van der Waals surface area contributed by atoms with Crippen molar-refractivity contribution < 1.29 is 14.6 Å². The van der Waals surface area contributed by atoms with Gasteiger partial charge in [0.25, 0.3) is 0 Å². The molecule has 0 aliphatic heterocycles. The van der Waals surface area contributed by atoms with Crippen molar-refractivity contribution in [2.75, 3.05) is 0 Å². The smallest absolute Gasteiger partial charge is 0.196 e. The molecule has 0 aromatic carbocycles. The van der Waals surface area contributed by atoms with Crippen molar-refractivity contribution in [3.63, 3.8) is 0 Å². The van der Waals surface area contributed by atoms with E-state index in [-0.39, 0.29) is 23.5 Å². The summed E-state index contributed by atoms with van der Waals surface area (Å²) >= 11 is 0. The van der Waals surface area contributed by atoms with Crippen molar-refractivity contribution in [1.82, 2.24) is 0 Å². The Morgan fingerprint density at radius 3 is 2.94 bits per heavy atom. The van der Waals surface area contributed by atoms with Gasteiger partial charge in [0.15, 0.2) is 5.43 Å². The predicted molar refractivity (Wildman–Crippen MR) is 58.0 cm³/mol. The van der Waals surface area contributed by atoms with Crippen molar-refractivity contribution in [3.8, 4) is 0 Å². The predicted octanol–water partition coefficient (Wildman–Crippen LogP) is 1.14. The highest BCUT2D eigenvalue weighted by Crippen LogP contribution is 2.34. The zero-order chi connectivity index (χ0) is 11.7. The molecular formula is C12H16O4. The minimum Gasteiger partial charge on any atom is -0.468 e. The number of hydrogen-bond donors (Lipinski definition) is 2. The largest absolute Gasteiger partial charge is 0.468 e. The van der Waals surface area contributed by atoms with Crippen LogP contribution in [-0.2, 0) is 13.0 Å². The summed E-state index contributed by atoms with van der Waals surface area (Å²) in [5, 5.41) is 19.1. The summed E-state index contributed by atoms with van der Waals surface area (Å²) in [4.78, 5) is 11.9. The Kier molecular flexibility index (Phi) is 3.12. The van der Waals surface area contributed by atoms with Crippen LogP contribution in [0.1, 0.15) is 42.8 Å². The number of aliphatic hydroxyl groups is 2. The van der Waals surface area contributed by atoms with Crippen molar-refractivity contribution in [1.29, 1.82) is 0 Å². The van der Waals surface area contributed by atoms with Crippen molar-refractivity contribution in [2.45, 2.75) is 38.9 Å². The second kappa shape index (κ2) is 4.39. The molecule has 4 nitrogen and oxygen atoms in total. The number of aryl methyl sites for hydroxylation is 1. The van der Waals surface area contributed by atoms with Crippen molar-refractivity contribution in [3.05, 3.63) is 33.4 Å². The molecule has 0 saturated carbocycles. The van der Waals surface area contributed by atoms with Crippen LogP contribution in [0.5, 0.6) is 0 Å². The Balaban J connectivity index is 2.52. The first-order valence-corrected chi connectivity index (χ1v) is 5.61. The molecule has 0 fully saturated rings. The van der Waals surface area contributed by atoms with Crippen molar-refractivity contribution in [2.24, 2.45) is 5.92 Å². The van der Waals surface area contributed by atoms with Crippen LogP contribution in [-0.4, -0.2) is 10.2 Å². The molecule has 0 bridgehead atoms. The van der Waals surface area contributed by atoms with Gasteiger partial charge in [0.05, 0.1) is 30.1 Å². The van der Waals surface area contributed by atoms with Gasteiger partial charge >= 0.3 is 0 Å². The van der Waals surface area contributed by atoms with Crippen LogP contribution in [0.3, 0.4) is 0 Å². The van der Waals surface area contributed by atoms with Crippen LogP contribution >= 0.6 is 0 Å². The van der Waals surface area contributed by atoms with E-state index in [2.05, 4.69) is 0 Å². The fourth-order valence-corrected chi connectivity index (χ4v) is 2.30. The Bertz CT molecular complexity index is 435. The van der Waals surface area contributed by atoms with Gasteiger partial charge in [-0.3, -0.25) is 4.79 Å². The van der Waals surface area contributed by atoms with E-state index in [1.54, 1.807) is 0 Å². The molecule has 0 radical (unpaired) electrons. The summed E-state index contributed by atoms with van der Waals surface area (Å²) < 4.78 is 5.30. The minimum atomic E-state index is -0.753. The summed E-state index contributed by atoms with van der Waals surface area (Å²) in [6.45, 7) is 1.65. The Morgan fingerprint density at radius 1 is 1.56 bits per heavy atom. The first-order valence-electron chi connectivity index (χ1n) is 5.61. The maximum atomic E-state index is 11.9. The first kappa shape index (κ1) is 11.4. The monoisotopic (exact) mass is 224 g/mol. The average molecular weight is 224 g/mol. The van der Waals surface area contributed by atoms with Crippen LogP contribution in [0.15, 0.2) is 15.5 Å². The first-order chi connectivity index (χ1) is 7.69. The van der Waals surface area contributed by atoms with Crippen LogP contribution < -0.4 is 5.43 Å². The second-order valence-electron chi connectivity index (χ2n) is 4.24. The fourth-order valence-electron chi connectivity index (χ4n) is 2.30. The van der Waals surface area contributed by atoms with Gasteiger partial charge in [0.1, 0.15) is 5.76 Å². The van der Waals surface area contributed by atoms with Crippen molar-refractivity contribution >= 4 is 0 Å². The van der Waals surface area contributed by atoms with Gasteiger partial charge in [-0.05, 0) is 12.3 Å². The van der Waals surface area contributed by atoms with E-state index in [0.717, 1.165) is 12.8 Å². The molecule has 0 saturated heterocycles. The van der Waals surface area contributed by atoms with E-state index >= 15 is 0 Å². The summed E-state index contributed by atoms with van der Waals surface area (Å²) in [5.41, 5.74) is 0.300. The molecule has 0 amide bonds. The highest BCUT2D eigenvalue weighted by molar-refractivity contribution is 5.27. The molecule has 1 aliphatic carbocycles. The quantitative estimate of drug-likeness (QED) is 0.790. The van der Waals surface area contributed by atoms with Gasteiger partial charge < -0.3 is 14.6 Å². The Hall–Kier alpha value is -1.13. The second-order valence-corrected chi connectivity index (χ2v) is 4.24. The third kappa shape index (κ3) is 1.68. The highest BCUT2D eigenvalue weighted by atomic mass is 16.3. The molecular weight excluding hydrogens is 208 g/mol. The summed E-state index contributed by atoms with van der Waals surface area (Å²) in [5.74, 6) is 0.684. The van der Waals surface area contributed by atoms with Crippen LogP contribution in [0.4, 0.5) is 0 Å². The molecule has 88 valence electrons. The normalized spacial score (nSPS) is 24.2. The minimum absolute atomic E-state index is 0.115. The maximum absolute atomic E-state index is 11.9. The van der Waals surface area contributed by atoms with Gasteiger partial charge in [0.2, 0.25) is 0 Å². The number of aliphatic hydroxyl groups excluding tert-OH is 2. The fraction of sp³-hybridized carbons (Fsp3) is 0.583. The lowest BCUT2D eigenvalue weighted by Gasteiger charge is -2.27. The number of rotatable bonds is 2. The van der Waals surface area contributed by atoms with E-state index in [9.17, 15) is 9.90 Å². The average Bonchev–Trinajstić information content (AvgIpc) is 2.30. The van der Waals surface area contributed by atoms with E-state index in [1.165, 1.54) is 6.26 Å².